The minimum Gasteiger partial charge on any atom is -0.369 e. The first kappa shape index (κ1) is 16.2. The highest BCUT2D eigenvalue weighted by Gasteiger charge is 2.14. The van der Waals surface area contributed by atoms with E-state index < -0.39 is 0 Å². The van der Waals surface area contributed by atoms with Crippen LogP contribution in [0.2, 0.25) is 0 Å². The Morgan fingerprint density at radius 2 is 1.86 bits per heavy atom. The molecule has 0 aliphatic carbocycles. The van der Waals surface area contributed by atoms with E-state index in [0.29, 0.717) is 0 Å². The maximum absolute atomic E-state index is 14.1. The van der Waals surface area contributed by atoms with E-state index in [2.05, 4.69) is 29.2 Å². The summed E-state index contributed by atoms with van der Waals surface area (Å²) in [4.78, 5) is 4.37. The first-order valence-electron chi connectivity index (χ1n) is 8.05. The molecule has 0 atom stereocenters. The van der Waals surface area contributed by atoms with Gasteiger partial charge in [-0.05, 0) is 44.6 Å². The normalized spacial score (nSPS) is 16.3. The summed E-state index contributed by atoms with van der Waals surface area (Å²) in [5.74, 6) is -0.0889. The molecular formula is C17H28FN3. The second kappa shape index (κ2) is 8.35. The average Bonchev–Trinajstić information content (AvgIpc) is 2.74. The van der Waals surface area contributed by atoms with Gasteiger partial charge in [0.1, 0.15) is 5.82 Å². The lowest BCUT2D eigenvalue weighted by Gasteiger charge is -2.24. The van der Waals surface area contributed by atoms with E-state index in [-0.39, 0.29) is 5.82 Å². The van der Waals surface area contributed by atoms with Gasteiger partial charge >= 0.3 is 0 Å². The van der Waals surface area contributed by atoms with Crippen LogP contribution in [0.3, 0.4) is 0 Å². The van der Waals surface area contributed by atoms with Crippen molar-refractivity contribution in [3.05, 3.63) is 29.6 Å². The molecule has 118 valence electrons. The Hall–Kier alpha value is -1.13. The van der Waals surface area contributed by atoms with Crippen LogP contribution in [0.15, 0.2) is 18.2 Å². The molecule has 0 radical (unpaired) electrons. The fourth-order valence-corrected chi connectivity index (χ4v) is 2.76. The van der Waals surface area contributed by atoms with Crippen LogP contribution in [0.1, 0.15) is 31.2 Å². The van der Waals surface area contributed by atoms with Gasteiger partial charge in [0.2, 0.25) is 0 Å². The Morgan fingerprint density at radius 1 is 1.14 bits per heavy atom. The van der Waals surface area contributed by atoms with Crippen LogP contribution < -0.4 is 10.2 Å². The summed E-state index contributed by atoms with van der Waals surface area (Å²) < 4.78 is 14.1. The molecule has 0 bridgehead atoms. The van der Waals surface area contributed by atoms with Gasteiger partial charge in [-0.15, -0.1) is 0 Å². The van der Waals surface area contributed by atoms with Crippen molar-refractivity contribution in [3.63, 3.8) is 0 Å². The third-order valence-corrected chi connectivity index (χ3v) is 4.02. The van der Waals surface area contributed by atoms with E-state index in [9.17, 15) is 4.39 Å². The Balaban J connectivity index is 1.95. The molecule has 2 rings (SSSR count). The number of halogens is 1. The molecule has 4 heteroatoms. The SMILES string of the molecule is CN(C)CCNCc1ccc(F)c(N2CCCCCC2)c1. The zero-order valence-corrected chi connectivity index (χ0v) is 13.4. The summed E-state index contributed by atoms with van der Waals surface area (Å²) in [5, 5.41) is 3.41. The maximum Gasteiger partial charge on any atom is 0.146 e. The quantitative estimate of drug-likeness (QED) is 0.814. The number of nitrogens with zero attached hydrogens (tertiary/aromatic N) is 2. The van der Waals surface area contributed by atoms with E-state index in [1.165, 1.54) is 25.7 Å². The molecule has 0 unspecified atom stereocenters. The van der Waals surface area contributed by atoms with Crippen LogP contribution in [0.4, 0.5) is 10.1 Å². The molecule has 1 aromatic rings. The largest absolute Gasteiger partial charge is 0.369 e. The topological polar surface area (TPSA) is 18.5 Å². The minimum absolute atomic E-state index is 0.0889. The Labute approximate surface area is 128 Å². The number of rotatable bonds is 6. The first-order valence-corrected chi connectivity index (χ1v) is 8.05. The molecule has 1 N–H and O–H groups in total. The van der Waals surface area contributed by atoms with Gasteiger partial charge in [-0.1, -0.05) is 18.9 Å². The lowest BCUT2D eigenvalue weighted by Crippen LogP contribution is -2.27. The number of hydrogen-bond acceptors (Lipinski definition) is 3. The molecule has 3 nitrogen and oxygen atoms in total. The van der Waals surface area contributed by atoms with Gasteiger partial charge in [0.25, 0.3) is 0 Å². The first-order chi connectivity index (χ1) is 10.2. The highest BCUT2D eigenvalue weighted by molar-refractivity contribution is 5.50. The van der Waals surface area contributed by atoms with Gasteiger partial charge in [0, 0.05) is 32.7 Å². The average molecular weight is 293 g/mol. The zero-order chi connectivity index (χ0) is 15.1. The molecule has 0 spiro atoms. The predicted molar refractivity (Wildman–Crippen MR) is 87.3 cm³/mol. The molecule has 0 aromatic heterocycles. The number of nitrogens with one attached hydrogen (secondary N) is 1. The molecule has 0 saturated carbocycles. The molecular weight excluding hydrogens is 265 g/mol. The molecule has 1 heterocycles. The predicted octanol–water partition coefficient (Wildman–Crippen LogP) is 2.86. The van der Waals surface area contributed by atoms with Crippen LogP contribution in [0, 0.1) is 5.82 Å². The molecule has 0 amide bonds. The van der Waals surface area contributed by atoms with Crippen LogP contribution in [-0.4, -0.2) is 45.2 Å². The summed E-state index contributed by atoms with van der Waals surface area (Å²) >= 11 is 0. The van der Waals surface area contributed by atoms with Crippen molar-refractivity contribution >= 4 is 5.69 Å². The highest BCUT2D eigenvalue weighted by Crippen LogP contribution is 2.24. The fourth-order valence-electron chi connectivity index (χ4n) is 2.76. The van der Waals surface area contributed by atoms with Crippen LogP contribution in [0.5, 0.6) is 0 Å². The van der Waals surface area contributed by atoms with Gasteiger partial charge in [0.05, 0.1) is 5.69 Å². The fraction of sp³-hybridized carbons (Fsp3) is 0.647. The third kappa shape index (κ3) is 5.29. The summed E-state index contributed by atoms with van der Waals surface area (Å²) in [6.07, 6.45) is 4.88. The third-order valence-electron chi connectivity index (χ3n) is 4.02. The smallest absolute Gasteiger partial charge is 0.146 e. The molecule has 1 fully saturated rings. The van der Waals surface area contributed by atoms with Crippen molar-refractivity contribution in [3.8, 4) is 0 Å². The second-order valence-corrected chi connectivity index (χ2v) is 6.17. The summed E-state index contributed by atoms with van der Waals surface area (Å²) in [6, 6.07) is 5.52. The van der Waals surface area contributed by atoms with Crippen LogP contribution in [-0.2, 0) is 6.54 Å². The number of likely N-dealkylation sites (N-methyl/N-ethyl adjacent to an activating group) is 1. The second-order valence-electron chi connectivity index (χ2n) is 6.17. The monoisotopic (exact) mass is 293 g/mol. The van der Waals surface area contributed by atoms with Crippen molar-refractivity contribution in [2.75, 3.05) is 45.2 Å². The van der Waals surface area contributed by atoms with Crippen LogP contribution in [0.25, 0.3) is 0 Å². The van der Waals surface area contributed by atoms with Gasteiger partial charge in [-0.25, -0.2) is 4.39 Å². The standard InChI is InChI=1S/C17H28FN3/c1-20(2)12-9-19-14-15-7-8-16(18)17(13-15)21-10-5-3-4-6-11-21/h7-8,13,19H,3-6,9-12,14H2,1-2H3. The lowest BCUT2D eigenvalue weighted by atomic mass is 10.1. The molecule has 1 saturated heterocycles. The van der Waals surface area contributed by atoms with Gasteiger partial charge in [-0.2, -0.15) is 0 Å². The molecule has 1 aromatic carbocycles. The summed E-state index contributed by atoms with van der Waals surface area (Å²) in [7, 11) is 4.13. The Bertz CT molecular complexity index is 426. The van der Waals surface area contributed by atoms with Gasteiger partial charge in [0.15, 0.2) is 0 Å². The maximum atomic E-state index is 14.1. The van der Waals surface area contributed by atoms with Crippen molar-refractivity contribution in [2.24, 2.45) is 0 Å². The van der Waals surface area contributed by atoms with E-state index >= 15 is 0 Å². The zero-order valence-electron chi connectivity index (χ0n) is 13.4. The number of hydrogen-bond donors (Lipinski definition) is 1. The van der Waals surface area contributed by atoms with Gasteiger partial charge < -0.3 is 15.1 Å². The van der Waals surface area contributed by atoms with E-state index in [4.69, 9.17) is 0 Å². The van der Waals surface area contributed by atoms with Crippen LogP contribution >= 0.6 is 0 Å². The summed E-state index contributed by atoms with van der Waals surface area (Å²) in [6.45, 7) is 4.72. The van der Waals surface area contributed by atoms with E-state index in [1.807, 2.05) is 12.1 Å². The Kier molecular flexibility index (Phi) is 6.46. The highest BCUT2D eigenvalue weighted by atomic mass is 19.1. The minimum atomic E-state index is -0.0889. The van der Waals surface area contributed by atoms with Gasteiger partial charge in [-0.3, -0.25) is 0 Å². The number of anilines is 1. The van der Waals surface area contributed by atoms with E-state index in [0.717, 1.165) is 44.0 Å². The van der Waals surface area contributed by atoms with Crippen molar-refractivity contribution in [2.45, 2.75) is 32.2 Å². The van der Waals surface area contributed by atoms with Crippen molar-refractivity contribution < 1.29 is 4.39 Å². The lowest BCUT2D eigenvalue weighted by molar-refractivity contribution is 0.400. The van der Waals surface area contributed by atoms with Crippen molar-refractivity contribution in [1.82, 2.24) is 10.2 Å². The number of benzene rings is 1. The molecule has 21 heavy (non-hydrogen) atoms. The van der Waals surface area contributed by atoms with E-state index in [1.54, 1.807) is 6.07 Å². The molecule has 1 aliphatic rings. The van der Waals surface area contributed by atoms with Crippen molar-refractivity contribution in [1.29, 1.82) is 0 Å². The Morgan fingerprint density at radius 3 is 2.52 bits per heavy atom. The summed E-state index contributed by atoms with van der Waals surface area (Å²) in [5.41, 5.74) is 1.94. The molecule has 1 aliphatic heterocycles.